The number of benzene rings is 1. The van der Waals surface area contributed by atoms with E-state index in [4.69, 9.17) is 5.26 Å². The van der Waals surface area contributed by atoms with Crippen molar-refractivity contribution in [1.29, 1.82) is 5.26 Å². The van der Waals surface area contributed by atoms with E-state index in [0.29, 0.717) is 17.6 Å². The number of rotatable bonds is 2. The second-order valence-electron chi connectivity index (χ2n) is 5.07. The molecule has 0 spiro atoms. The van der Waals surface area contributed by atoms with Crippen LogP contribution in [0.15, 0.2) is 24.3 Å². The van der Waals surface area contributed by atoms with Crippen LogP contribution in [-0.2, 0) is 4.79 Å². The maximum absolute atomic E-state index is 12.1. The summed E-state index contributed by atoms with van der Waals surface area (Å²) in [6.45, 7) is 0. The maximum atomic E-state index is 12.1. The van der Waals surface area contributed by atoms with Gasteiger partial charge < -0.3 is 10.6 Å². The molecular formula is C14H15N3O. The minimum Gasteiger partial charge on any atom is -0.326 e. The van der Waals surface area contributed by atoms with Gasteiger partial charge in [-0.1, -0.05) is 0 Å². The van der Waals surface area contributed by atoms with Gasteiger partial charge >= 0.3 is 0 Å². The molecule has 3 atom stereocenters. The van der Waals surface area contributed by atoms with Gasteiger partial charge in [0, 0.05) is 17.8 Å². The third kappa shape index (κ3) is 1.98. The van der Waals surface area contributed by atoms with Gasteiger partial charge in [0.25, 0.3) is 0 Å². The number of carbonyl (C=O) groups is 1. The van der Waals surface area contributed by atoms with E-state index in [2.05, 4.69) is 16.7 Å². The molecule has 1 amide bonds. The van der Waals surface area contributed by atoms with Gasteiger partial charge in [-0.2, -0.15) is 5.26 Å². The largest absolute Gasteiger partial charge is 0.326 e. The quantitative estimate of drug-likeness (QED) is 0.827. The zero-order valence-corrected chi connectivity index (χ0v) is 10.0. The minimum atomic E-state index is 0.0967. The summed E-state index contributed by atoms with van der Waals surface area (Å²) >= 11 is 0. The van der Waals surface area contributed by atoms with Crippen LogP contribution in [0.1, 0.15) is 24.8 Å². The molecule has 2 aliphatic rings. The molecular weight excluding hydrogens is 226 g/mol. The van der Waals surface area contributed by atoms with Crippen LogP contribution in [0.4, 0.5) is 5.69 Å². The van der Waals surface area contributed by atoms with Crippen molar-refractivity contribution in [2.45, 2.75) is 31.3 Å². The smallest absolute Gasteiger partial charge is 0.229 e. The lowest BCUT2D eigenvalue weighted by atomic mass is 9.88. The highest BCUT2D eigenvalue weighted by atomic mass is 16.2. The Morgan fingerprint density at radius 2 is 2.11 bits per heavy atom. The normalized spacial score (nSPS) is 28.9. The average Bonchev–Trinajstić information content (AvgIpc) is 3.02. The fraction of sp³-hybridized carbons (Fsp3) is 0.429. The number of amides is 1. The van der Waals surface area contributed by atoms with Crippen molar-refractivity contribution < 1.29 is 4.79 Å². The van der Waals surface area contributed by atoms with Crippen LogP contribution in [-0.4, -0.2) is 18.0 Å². The van der Waals surface area contributed by atoms with Crippen molar-refractivity contribution >= 4 is 11.6 Å². The molecule has 4 nitrogen and oxygen atoms in total. The lowest BCUT2D eigenvalue weighted by Crippen LogP contribution is -2.32. The van der Waals surface area contributed by atoms with Crippen LogP contribution >= 0.6 is 0 Å². The summed E-state index contributed by atoms with van der Waals surface area (Å²) in [4.78, 5) is 12.1. The van der Waals surface area contributed by atoms with Crippen molar-refractivity contribution in [3.05, 3.63) is 29.8 Å². The Kier molecular flexibility index (Phi) is 2.77. The van der Waals surface area contributed by atoms with E-state index < -0.39 is 0 Å². The van der Waals surface area contributed by atoms with Gasteiger partial charge in [-0.3, -0.25) is 4.79 Å². The number of carbonyl (C=O) groups excluding carboxylic acids is 1. The van der Waals surface area contributed by atoms with Gasteiger partial charge in [0.05, 0.1) is 17.6 Å². The van der Waals surface area contributed by atoms with Crippen LogP contribution in [0, 0.1) is 17.2 Å². The molecule has 92 valence electrons. The van der Waals surface area contributed by atoms with Crippen LogP contribution in [0.3, 0.4) is 0 Å². The maximum Gasteiger partial charge on any atom is 0.229 e. The summed E-state index contributed by atoms with van der Waals surface area (Å²) in [7, 11) is 0. The molecule has 2 heterocycles. The van der Waals surface area contributed by atoms with E-state index in [1.807, 2.05) is 0 Å². The van der Waals surface area contributed by atoms with Crippen molar-refractivity contribution in [3.8, 4) is 6.07 Å². The Bertz CT molecular complexity index is 503. The minimum absolute atomic E-state index is 0.0967. The Morgan fingerprint density at radius 1 is 1.33 bits per heavy atom. The van der Waals surface area contributed by atoms with E-state index >= 15 is 0 Å². The van der Waals surface area contributed by atoms with Gasteiger partial charge in [-0.25, -0.2) is 0 Å². The van der Waals surface area contributed by atoms with E-state index in [9.17, 15) is 4.79 Å². The van der Waals surface area contributed by atoms with Crippen LogP contribution in [0.2, 0.25) is 0 Å². The number of anilines is 1. The highest BCUT2D eigenvalue weighted by molar-refractivity contribution is 5.93. The first-order valence-electron chi connectivity index (χ1n) is 6.33. The summed E-state index contributed by atoms with van der Waals surface area (Å²) in [5.74, 6) is 0.193. The molecule has 3 rings (SSSR count). The zero-order chi connectivity index (χ0) is 12.5. The third-order valence-corrected chi connectivity index (χ3v) is 3.92. The highest BCUT2D eigenvalue weighted by Crippen LogP contribution is 2.33. The second-order valence-corrected chi connectivity index (χ2v) is 5.07. The number of fused-ring (bicyclic) bond motifs is 2. The Hall–Kier alpha value is -1.86. The molecule has 2 bridgehead atoms. The lowest BCUT2D eigenvalue weighted by molar-refractivity contribution is -0.120. The number of nitrogens with one attached hydrogen (secondary N) is 2. The first-order valence-corrected chi connectivity index (χ1v) is 6.33. The molecule has 2 fully saturated rings. The number of nitriles is 1. The van der Waals surface area contributed by atoms with E-state index in [1.165, 1.54) is 6.42 Å². The third-order valence-electron chi connectivity index (χ3n) is 3.92. The standard InChI is InChI=1S/C14H15N3O/c15-8-9-1-3-10(4-2-9)17-14(18)12-7-11-5-6-13(12)16-11/h1-4,11-13,16H,5-7H2,(H,17,18). The summed E-state index contributed by atoms with van der Waals surface area (Å²) in [5, 5.41) is 15.1. The predicted molar refractivity (Wildman–Crippen MR) is 67.8 cm³/mol. The molecule has 0 aliphatic carbocycles. The van der Waals surface area contributed by atoms with Crippen molar-refractivity contribution in [3.63, 3.8) is 0 Å². The molecule has 2 aliphatic heterocycles. The number of nitrogens with zero attached hydrogens (tertiary/aromatic N) is 1. The lowest BCUT2D eigenvalue weighted by Gasteiger charge is -2.19. The molecule has 1 aromatic carbocycles. The first-order chi connectivity index (χ1) is 8.76. The first kappa shape index (κ1) is 11.2. The number of hydrogen-bond donors (Lipinski definition) is 2. The predicted octanol–water partition coefficient (Wildman–Crippen LogP) is 1.64. The Balaban J connectivity index is 1.65. The molecule has 3 unspecified atom stereocenters. The summed E-state index contributed by atoms with van der Waals surface area (Å²) in [6, 6.07) is 9.93. The molecule has 4 heteroatoms. The number of hydrogen-bond acceptors (Lipinski definition) is 3. The van der Waals surface area contributed by atoms with Gasteiger partial charge in [0.2, 0.25) is 5.91 Å². The van der Waals surface area contributed by atoms with Crippen molar-refractivity contribution in [2.75, 3.05) is 5.32 Å². The Morgan fingerprint density at radius 3 is 2.67 bits per heavy atom. The van der Waals surface area contributed by atoms with Crippen molar-refractivity contribution in [1.82, 2.24) is 5.32 Å². The van der Waals surface area contributed by atoms with E-state index in [1.54, 1.807) is 24.3 Å². The average molecular weight is 241 g/mol. The zero-order valence-electron chi connectivity index (χ0n) is 10.0. The van der Waals surface area contributed by atoms with Crippen molar-refractivity contribution in [2.24, 2.45) is 5.92 Å². The fourth-order valence-corrected chi connectivity index (χ4v) is 2.98. The summed E-state index contributed by atoms with van der Waals surface area (Å²) in [6.07, 6.45) is 3.26. The second kappa shape index (κ2) is 4.43. The summed E-state index contributed by atoms with van der Waals surface area (Å²) in [5.41, 5.74) is 1.37. The molecule has 2 saturated heterocycles. The monoisotopic (exact) mass is 241 g/mol. The van der Waals surface area contributed by atoms with Gasteiger partial charge in [0.1, 0.15) is 0 Å². The van der Waals surface area contributed by atoms with Crippen LogP contribution in [0.25, 0.3) is 0 Å². The molecule has 0 aromatic heterocycles. The van der Waals surface area contributed by atoms with Gasteiger partial charge in [-0.15, -0.1) is 0 Å². The van der Waals surface area contributed by atoms with Crippen LogP contribution < -0.4 is 10.6 Å². The SMILES string of the molecule is N#Cc1ccc(NC(=O)C2CC3CCC2N3)cc1. The van der Waals surface area contributed by atoms with Crippen LogP contribution in [0.5, 0.6) is 0 Å². The molecule has 0 radical (unpaired) electrons. The fourth-order valence-electron chi connectivity index (χ4n) is 2.98. The molecule has 18 heavy (non-hydrogen) atoms. The topological polar surface area (TPSA) is 64.9 Å². The van der Waals surface area contributed by atoms with Gasteiger partial charge in [0.15, 0.2) is 0 Å². The summed E-state index contributed by atoms with van der Waals surface area (Å²) < 4.78 is 0. The Labute approximate surface area is 106 Å². The molecule has 2 N–H and O–H groups in total. The highest BCUT2D eigenvalue weighted by Gasteiger charge is 2.42. The molecule has 1 aromatic rings. The van der Waals surface area contributed by atoms with E-state index in [0.717, 1.165) is 18.5 Å². The van der Waals surface area contributed by atoms with E-state index in [-0.39, 0.29) is 11.8 Å². The molecule has 0 saturated carbocycles. The van der Waals surface area contributed by atoms with Gasteiger partial charge in [-0.05, 0) is 43.5 Å².